The van der Waals surface area contributed by atoms with Gasteiger partial charge in [-0.3, -0.25) is 25.8 Å². The third-order valence-electron chi connectivity index (χ3n) is 3.00. The highest BCUT2D eigenvalue weighted by atomic mass is 35.5. The van der Waals surface area contributed by atoms with E-state index in [-0.39, 0.29) is 26.9 Å². The number of hydrazine groups is 1. The summed E-state index contributed by atoms with van der Waals surface area (Å²) in [4.78, 5) is 22.2. The predicted molar refractivity (Wildman–Crippen MR) is 88.7 cm³/mol. The first kappa shape index (κ1) is 17.7. The largest absolute Gasteiger partial charge is 0.294 e. The van der Waals surface area contributed by atoms with Crippen molar-refractivity contribution in [2.75, 3.05) is 11.7 Å². The van der Waals surface area contributed by atoms with E-state index in [2.05, 4.69) is 10.9 Å². The fraction of sp³-hybridized carbons (Fsp3) is 0.0714. The molecule has 2 aromatic carbocycles. The van der Waals surface area contributed by atoms with Gasteiger partial charge in [-0.2, -0.15) is 0 Å². The van der Waals surface area contributed by atoms with Gasteiger partial charge in [0.15, 0.2) is 9.84 Å². The number of rotatable bonds is 5. The monoisotopic (exact) mass is 369 g/mol. The molecule has 2 rings (SSSR count). The van der Waals surface area contributed by atoms with E-state index < -0.39 is 20.7 Å². The number of amides is 1. The normalized spacial score (nSPS) is 10.9. The molecule has 0 heterocycles. The van der Waals surface area contributed by atoms with Gasteiger partial charge in [0.25, 0.3) is 11.6 Å². The third kappa shape index (κ3) is 4.00. The summed E-state index contributed by atoms with van der Waals surface area (Å²) >= 11 is 5.81. The standard InChI is InChI=1S/C14H12ClN3O5S/c1-24(22,23)13-8-9(6-7-10(13)15)14(19)17-16-11-4-2-3-5-12(11)18(20)21/h2-8,16H,1H3,(H,17,19). The summed E-state index contributed by atoms with van der Waals surface area (Å²) in [5.74, 6) is -0.672. The lowest BCUT2D eigenvalue weighted by molar-refractivity contribution is -0.384. The minimum absolute atomic E-state index is 0.000654. The number of benzene rings is 2. The van der Waals surface area contributed by atoms with Gasteiger partial charge < -0.3 is 0 Å². The molecule has 1 amide bonds. The number of nitro benzene ring substituents is 1. The van der Waals surface area contributed by atoms with Gasteiger partial charge in [-0.15, -0.1) is 0 Å². The van der Waals surface area contributed by atoms with Crippen molar-refractivity contribution in [3.05, 3.63) is 63.2 Å². The van der Waals surface area contributed by atoms with Crippen molar-refractivity contribution < 1.29 is 18.1 Å². The second-order valence-corrected chi connectivity index (χ2v) is 7.16. The van der Waals surface area contributed by atoms with Crippen LogP contribution in [-0.4, -0.2) is 25.5 Å². The van der Waals surface area contributed by atoms with Crippen molar-refractivity contribution in [1.82, 2.24) is 5.43 Å². The van der Waals surface area contributed by atoms with Crippen LogP contribution >= 0.6 is 11.6 Å². The second kappa shape index (κ2) is 6.85. The van der Waals surface area contributed by atoms with Crippen LogP contribution in [0.15, 0.2) is 47.4 Å². The number of halogens is 1. The molecule has 0 aromatic heterocycles. The van der Waals surface area contributed by atoms with Crippen LogP contribution < -0.4 is 10.9 Å². The molecular formula is C14H12ClN3O5S. The zero-order valence-corrected chi connectivity index (χ0v) is 13.9. The molecule has 0 atom stereocenters. The minimum atomic E-state index is -3.60. The summed E-state index contributed by atoms with van der Waals surface area (Å²) in [5.41, 5.74) is 4.63. The highest BCUT2D eigenvalue weighted by Gasteiger charge is 2.17. The Morgan fingerprint density at radius 1 is 1.21 bits per heavy atom. The van der Waals surface area contributed by atoms with Crippen molar-refractivity contribution in [2.24, 2.45) is 0 Å². The molecule has 0 fully saturated rings. The first-order valence-corrected chi connectivity index (χ1v) is 8.76. The second-order valence-electron chi connectivity index (χ2n) is 4.77. The van der Waals surface area contributed by atoms with Gasteiger partial charge in [-0.1, -0.05) is 23.7 Å². The zero-order valence-electron chi connectivity index (χ0n) is 12.3. The fourth-order valence-electron chi connectivity index (χ4n) is 1.86. The molecule has 8 nitrogen and oxygen atoms in total. The molecule has 126 valence electrons. The highest BCUT2D eigenvalue weighted by molar-refractivity contribution is 7.90. The van der Waals surface area contributed by atoms with Crippen molar-refractivity contribution in [1.29, 1.82) is 0 Å². The predicted octanol–water partition coefficient (Wildman–Crippen LogP) is 2.41. The number of carbonyl (C=O) groups excluding carboxylic acids is 1. The van der Waals surface area contributed by atoms with Crippen molar-refractivity contribution in [3.63, 3.8) is 0 Å². The minimum Gasteiger partial charge on any atom is -0.292 e. The SMILES string of the molecule is CS(=O)(=O)c1cc(C(=O)NNc2ccccc2[N+](=O)[O-])ccc1Cl. The summed E-state index contributed by atoms with van der Waals surface area (Å²) in [6.45, 7) is 0. The third-order valence-corrected chi connectivity index (χ3v) is 4.58. The molecule has 10 heteroatoms. The lowest BCUT2D eigenvalue weighted by Gasteiger charge is -2.10. The number of hydrogen-bond donors (Lipinski definition) is 2. The Morgan fingerprint density at radius 3 is 2.50 bits per heavy atom. The van der Waals surface area contributed by atoms with E-state index in [1.54, 1.807) is 6.07 Å². The van der Waals surface area contributed by atoms with Crippen LogP contribution in [0.2, 0.25) is 5.02 Å². The summed E-state index contributed by atoms with van der Waals surface area (Å²) in [7, 11) is -3.60. The first-order valence-electron chi connectivity index (χ1n) is 6.49. The number of hydrogen-bond acceptors (Lipinski definition) is 6. The van der Waals surface area contributed by atoms with Gasteiger partial charge in [-0.05, 0) is 24.3 Å². The quantitative estimate of drug-likeness (QED) is 0.617. The maximum Gasteiger partial charge on any atom is 0.294 e. The molecule has 24 heavy (non-hydrogen) atoms. The lowest BCUT2D eigenvalue weighted by Crippen LogP contribution is -2.29. The lowest BCUT2D eigenvalue weighted by atomic mass is 10.2. The Kier molecular flexibility index (Phi) is 5.05. The number of carbonyl (C=O) groups is 1. The van der Waals surface area contributed by atoms with Crippen LogP contribution in [0.3, 0.4) is 0 Å². The number of nitrogens with zero attached hydrogens (tertiary/aromatic N) is 1. The van der Waals surface area contributed by atoms with Gasteiger partial charge in [0.2, 0.25) is 0 Å². The highest BCUT2D eigenvalue weighted by Crippen LogP contribution is 2.24. The van der Waals surface area contributed by atoms with Gasteiger partial charge >= 0.3 is 0 Å². The molecule has 0 aliphatic heterocycles. The number of para-hydroxylation sites is 2. The Labute approximate surface area is 142 Å². The van der Waals surface area contributed by atoms with Crippen LogP contribution in [0.1, 0.15) is 10.4 Å². The van der Waals surface area contributed by atoms with E-state index in [0.717, 1.165) is 12.3 Å². The fourth-order valence-corrected chi connectivity index (χ4v) is 3.16. The Bertz CT molecular complexity index is 914. The molecule has 0 aliphatic carbocycles. The summed E-state index contributed by atoms with van der Waals surface area (Å²) in [6, 6.07) is 9.51. The number of anilines is 1. The Hall–Kier alpha value is -2.65. The van der Waals surface area contributed by atoms with Crippen LogP contribution in [0.4, 0.5) is 11.4 Å². The molecule has 2 N–H and O–H groups in total. The number of sulfone groups is 1. The van der Waals surface area contributed by atoms with Crippen molar-refractivity contribution >= 4 is 38.7 Å². The zero-order chi connectivity index (χ0) is 17.9. The average molecular weight is 370 g/mol. The molecule has 0 spiro atoms. The van der Waals surface area contributed by atoms with Gasteiger partial charge in [-0.25, -0.2) is 8.42 Å². The Balaban J connectivity index is 2.22. The maximum atomic E-state index is 12.1. The number of nitro groups is 1. The molecule has 2 aromatic rings. The van der Waals surface area contributed by atoms with E-state index >= 15 is 0 Å². The van der Waals surface area contributed by atoms with E-state index in [9.17, 15) is 23.3 Å². The van der Waals surface area contributed by atoms with Crippen LogP contribution in [0.25, 0.3) is 0 Å². The smallest absolute Gasteiger partial charge is 0.292 e. The van der Waals surface area contributed by atoms with Crippen LogP contribution in [-0.2, 0) is 9.84 Å². The van der Waals surface area contributed by atoms with Crippen molar-refractivity contribution in [3.8, 4) is 0 Å². The van der Waals surface area contributed by atoms with E-state index in [0.29, 0.717) is 0 Å². The molecule has 0 bridgehead atoms. The molecule has 0 saturated heterocycles. The molecular weight excluding hydrogens is 358 g/mol. The number of nitrogens with one attached hydrogen (secondary N) is 2. The first-order chi connectivity index (χ1) is 11.2. The summed E-state index contributed by atoms with van der Waals surface area (Å²) in [5, 5.41) is 10.9. The van der Waals surface area contributed by atoms with E-state index in [1.807, 2.05) is 0 Å². The molecule has 0 aliphatic rings. The maximum absolute atomic E-state index is 12.1. The van der Waals surface area contributed by atoms with Gasteiger partial charge in [0.1, 0.15) is 5.69 Å². The average Bonchev–Trinajstić information content (AvgIpc) is 2.52. The summed E-state index contributed by atoms with van der Waals surface area (Å²) in [6.07, 6.45) is 0.974. The molecule has 0 unspecified atom stereocenters. The molecule has 0 radical (unpaired) electrons. The van der Waals surface area contributed by atoms with Crippen LogP contribution in [0, 0.1) is 10.1 Å². The van der Waals surface area contributed by atoms with E-state index in [1.165, 1.54) is 30.3 Å². The summed E-state index contributed by atoms with van der Waals surface area (Å²) < 4.78 is 23.2. The van der Waals surface area contributed by atoms with Crippen LogP contribution in [0.5, 0.6) is 0 Å². The van der Waals surface area contributed by atoms with Gasteiger partial charge in [0.05, 0.1) is 14.8 Å². The Morgan fingerprint density at radius 2 is 1.88 bits per heavy atom. The van der Waals surface area contributed by atoms with Crippen molar-refractivity contribution in [2.45, 2.75) is 4.90 Å². The molecule has 0 saturated carbocycles. The van der Waals surface area contributed by atoms with E-state index in [4.69, 9.17) is 11.6 Å². The topological polar surface area (TPSA) is 118 Å². The van der Waals surface area contributed by atoms with Gasteiger partial charge in [0, 0.05) is 17.9 Å².